The van der Waals surface area contributed by atoms with E-state index in [0.717, 1.165) is 37.1 Å². The fourth-order valence-corrected chi connectivity index (χ4v) is 3.14. The van der Waals surface area contributed by atoms with E-state index in [2.05, 4.69) is 13.0 Å². The number of nitrogens with zero attached hydrogens (tertiary/aromatic N) is 1. The molecule has 1 aromatic carbocycles. The fraction of sp³-hybridized carbons (Fsp3) is 0.588. The van der Waals surface area contributed by atoms with Crippen molar-refractivity contribution in [2.24, 2.45) is 11.7 Å². The number of benzene rings is 1. The van der Waals surface area contributed by atoms with E-state index in [-0.39, 0.29) is 11.9 Å². The van der Waals surface area contributed by atoms with Crippen molar-refractivity contribution in [2.75, 3.05) is 20.2 Å². The zero-order valence-electron chi connectivity index (χ0n) is 13.0. The van der Waals surface area contributed by atoms with Crippen molar-refractivity contribution in [2.45, 2.75) is 38.6 Å². The summed E-state index contributed by atoms with van der Waals surface area (Å²) in [5.74, 6) is 1.44. The van der Waals surface area contributed by atoms with Gasteiger partial charge in [-0.05, 0) is 36.8 Å². The number of para-hydroxylation sites is 1. The zero-order chi connectivity index (χ0) is 15.2. The predicted molar refractivity (Wildman–Crippen MR) is 84.3 cm³/mol. The summed E-state index contributed by atoms with van der Waals surface area (Å²) in [6, 6.07) is 8.26. The van der Waals surface area contributed by atoms with Crippen molar-refractivity contribution >= 4 is 5.91 Å². The van der Waals surface area contributed by atoms with Crippen molar-refractivity contribution in [1.29, 1.82) is 0 Å². The molecular weight excluding hydrogens is 264 g/mol. The van der Waals surface area contributed by atoms with Crippen molar-refractivity contribution in [3.05, 3.63) is 29.8 Å². The van der Waals surface area contributed by atoms with E-state index in [4.69, 9.17) is 10.5 Å². The highest BCUT2D eigenvalue weighted by Crippen LogP contribution is 2.24. The molecule has 0 saturated carbocycles. The van der Waals surface area contributed by atoms with E-state index in [1.807, 2.05) is 23.1 Å². The SMILES string of the molecule is COc1ccccc1C[C@H](C)CC(=O)N1CCC[C@H]1CN. The van der Waals surface area contributed by atoms with E-state index in [0.29, 0.717) is 18.9 Å². The first kappa shape index (κ1) is 15.8. The first-order valence-corrected chi connectivity index (χ1v) is 7.77. The molecule has 0 spiro atoms. The molecule has 0 aliphatic carbocycles. The Kier molecular flexibility index (Phi) is 5.62. The van der Waals surface area contributed by atoms with Crippen LogP contribution in [0.3, 0.4) is 0 Å². The molecule has 0 unspecified atom stereocenters. The molecule has 1 aromatic rings. The van der Waals surface area contributed by atoms with Gasteiger partial charge in [0.05, 0.1) is 7.11 Å². The average molecular weight is 290 g/mol. The Labute approximate surface area is 127 Å². The summed E-state index contributed by atoms with van der Waals surface area (Å²) in [5, 5.41) is 0. The van der Waals surface area contributed by atoms with Gasteiger partial charge in [-0.15, -0.1) is 0 Å². The van der Waals surface area contributed by atoms with Gasteiger partial charge in [0.2, 0.25) is 5.91 Å². The number of hydrogen-bond donors (Lipinski definition) is 1. The normalized spacial score (nSPS) is 19.6. The van der Waals surface area contributed by atoms with Crippen LogP contribution in [0, 0.1) is 5.92 Å². The predicted octanol–water partition coefficient (Wildman–Crippen LogP) is 2.21. The Morgan fingerprint density at radius 3 is 2.95 bits per heavy atom. The highest BCUT2D eigenvalue weighted by atomic mass is 16.5. The number of carbonyl (C=O) groups is 1. The van der Waals surface area contributed by atoms with Gasteiger partial charge in [0.15, 0.2) is 0 Å². The minimum absolute atomic E-state index is 0.241. The maximum Gasteiger partial charge on any atom is 0.223 e. The summed E-state index contributed by atoms with van der Waals surface area (Å²) >= 11 is 0. The number of methoxy groups -OCH3 is 1. The standard InChI is InChI=1S/C17H26N2O2/c1-13(10-14-6-3-4-8-16(14)21-2)11-17(20)19-9-5-7-15(19)12-18/h3-4,6,8,13,15H,5,7,9-12,18H2,1-2H3/t13-,15-/m0/s1. The second kappa shape index (κ2) is 7.46. The molecule has 1 fully saturated rings. The van der Waals surface area contributed by atoms with Gasteiger partial charge >= 0.3 is 0 Å². The van der Waals surface area contributed by atoms with Gasteiger partial charge in [0.1, 0.15) is 5.75 Å². The number of rotatable bonds is 6. The second-order valence-electron chi connectivity index (χ2n) is 5.94. The van der Waals surface area contributed by atoms with E-state index >= 15 is 0 Å². The van der Waals surface area contributed by atoms with Crippen LogP contribution >= 0.6 is 0 Å². The van der Waals surface area contributed by atoms with E-state index in [1.165, 1.54) is 0 Å². The lowest BCUT2D eigenvalue weighted by molar-refractivity contribution is -0.132. The van der Waals surface area contributed by atoms with Crippen molar-refractivity contribution in [1.82, 2.24) is 4.90 Å². The molecule has 0 radical (unpaired) electrons. The minimum Gasteiger partial charge on any atom is -0.496 e. The smallest absolute Gasteiger partial charge is 0.223 e. The minimum atomic E-state index is 0.241. The lowest BCUT2D eigenvalue weighted by atomic mass is 9.96. The van der Waals surface area contributed by atoms with Gasteiger partial charge in [0.25, 0.3) is 0 Å². The molecule has 0 bridgehead atoms. The van der Waals surface area contributed by atoms with Gasteiger partial charge in [0, 0.05) is 25.6 Å². The first-order chi connectivity index (χ1) is 10.2. The fourth-order valence-electron chi connectivity index (χ4n) is 3.14. The van der Waals surface area contributed by atoms with E-state index in [9.17, 15) is 4.79 Å². The number of nitrogens with two attached hydrogens (primary N) is 1. The monoisotopic (exact) mass is 290 g/mol. The molecule has 4 heteroatoms. The lowest BCUT2D eigenvalue weighted by Crippen LogP contribution is -2.40. The van der Waals surface area contributed by atoms with Crippen LogP contribution in [0.15, 0.2) is 24.3 Å². The van der Waals surface area contributed by atoms with Gasteiger partial charge in [-0.3, -0.25) is 4.79 Å². The van der Waals surface area contributed by atoms with Crippen LogP contribution < -0.4 is 10.5 Å². The maximum absolute atomic E-state index is 12.4. The summed E-state index contributed by atoms with van der Waals surface area (Å²) in [5.41, 5.74) is 6.91. The lowest BCUT2D eigenvalue weighted by Gasteiger charge is -2.25. The first-order valence-electron chi connectivity index (χ1n) is 7.77. The van der Waals surface area contributed by atoms with E-state index in [1.54, 1.807) is 7.11 Å². The molecule has 1 aliphatic rings. The third-order valence-corrected chi connectivity index (χ3v) is 4.25. The molecule has 0 aromatic heterocycles. The molecule has 1 saturated heterocycles. The van der Waals surface area contributed by atoms with Crippen molar-refractivity contribution in [3.8, 4) is 5.75 Å². The third-order valence-electron chi connectivity index (χ3n) is 4.25. The number of amides is 1. The Balaban J connectivity index is 1.92. The highest BCUT2D eigenvalue weighted by molar-refractivity contribution is 5.77. The number of hydrogen-bond acceptors (Lipinski definition) is 3. The van der Waals surface area contributed by atoms with Gasteiger partial charge in [-0.1, -0.05) is 25.1 Å². The average Bonchev–Trinajstić information content (AvgIpc) is 2.96. The Bertz CT molecular complexity index is 476. The topological polar surface area (TPSA) is 55.6 Å². The molecule has 2 rings (SSSR count). The highest BCUT2D eigenvalue weighted by Gasteiger charge is 2.28. The number of ether oxygens (including phenoxy) is 1. The van der Waals surface area contributed by atoms with Gasteiger partial charge in [-0.2, -0.15) is 0 Å². The molecule has 1 amide bonds. The molecule has 2 N–H and O–H groups in total. The van der Waals surface area contributed by atoms with Crippen LogP contribution in [0.5, 0.6) is 5.75 Å². The van der Waals surface area contributed by atoms with Gasteiger partial charge in [-0.25, -0.2) is 0 Å². The largest absolute Gasteiger partial charge is 0.496 e. The van der Waals surface area contributed by atoms with Gasteiger partial charge < -0.3 is 15.4 Å². The molecule has 21 heavy (non-hydrogen) atoms. The van der Waals surface area contributed by atoms with Crippen LogP contribution in [0.2, 0.25) is 0 Å². The summed E-state index contributed by atoms with van der Waals surface area (Å²) < 4.78 is 5.37. The summed E-state index contributed by atoms with van der Waals surface area (Å²) in [6.45, 7) is 3.56. The molecule has 4 nitrogen and oxygen atoms in total. The Morgan fingerprint density at radius 1 is 1.48 bits per heavy atom. The summed E-state index contributed by atoms with van der Waals surface area (Å²) in [7, 11) is 1.69. The maximum atomic E-state index is 12.4. The summed E-state index contributed by atoms with van der Waals surface area (Å²) in [6.07, 6.45) is 3.56. The molecule has 2 atom stereocenters. The van der Waals surface area contributed by atoms with Crippen LogP contribution in [-0.4, -0.2) is 37.0 Å². The van der Waals surface area contributed by atoms with Crippen molar-refractivity contribution in [3.63, 3.8) is 0 Å². The Morgan fingerprint density at radius 2 is 2.24 bits per heavy atom. The van der Waals surface area contributed by atoms with Crippen molar-refractivity contribution < 1.29 is 9.53 Å². The van der Waals surface area contributed by atoms with E-state index < -0.39 is 0 Å². The molecule has 116 valence electrons. The molecular formula is C17H26N2O2. The molecule has 1 aliphatic heterocycles. The second-order valence-corrected chi connectivity index (χ2v) is 5.94. The van der Waals surface area contributed by atoms with Crippen LogP contribution in [-0.2, 0) is 11.2 Å². The van der Waals surface area contributed by atoms with Crippen LogP contribution in [0.1, 0.15) is 31.7 Å². The Hall–Kier alpha value is -1.55. The van der Waals surface area contributed by atoms with Crippen LogP contribution in [0.4, 0.5) is 0 Å². The number of likely N-dealkylation sites (tertiary alicyclic amines) is 1. The zero-order valence-corrected chi connectivity index (χ0v) is 13.0. The quantitative estimate of drug-likeness (QED) is 0.874. The number of carbonyl (C=O) groups excluding carboxylic acids is 1. The summed E-state index contributed by atoms with van der Waals surface area (Å²) in [4.78, 5) is 14.4. The molecule has 1 heterocycles. The third kappa shape index (κ3) is 3.97. The van der Waals surface area contributed by atoms with Crippen LogP contribution in [0.25, 0.3) is 0 Å².